The zero-order valence-corrected chi connectivity index (χ0v) is 21.6. The van der Waals surface area contributed by atoms with Crippen LogP contribution in [0.15, 0.2) is 42.5 Å². The molecule has 0 radical (unpaired) electrons. The van der Waals surface area contributed by atoms with Gasteiger partial charge in [-0.15, -0.1) is 0 Å². The summed E-state index contributed by atoms with van der Waals surface area (Å²) in [7, 11) is -3.80. The Labute approximate surface area is 205 Å². The summed E-state index contributed by atoms with van der Waals surface area (Å²) in [5.74, 6) is -0.850. The number of carbonyl (C=O) groups excluding carboxylic acids is 2. The highest BCUT2D eigenvalue weighted by Gasteiger charge is 2.30. The van der Waals surface area contributed by atoms with Crippen LogP contribution in [0.4, 0.5) is 5.69 Å². The Morgan fingerprint density at radius 2 is 1.58 bits per heavy atom. The van der Waals surface area contributed by atoms with E-state index in [1.165, 1.54) is 4.90 Å². The van der Waals surface area contributed by atoms with E-state index in [-0.39, 0.29) is 18.5 Å². The normalized spacial score (nSPS) is 12.4. The summed E-state index contributed by atoms with van der Waals surface area (Å²) in [5.41, 5.74) is 1.71. The van der Waals surface area contributed by atoms with E-state index in [0.717, 1.165) is 16.1 Å². The fraction of sp³-hybridized carbons (Fsp3) is 0.391. The molecule has 7 nitrogen and oxygen atoms in total. The van der Waals surface area contributed by atoms with Gasteiger partial charge in [-0.1, -0.05) is 35.3 Å². The van der Waals surface area contributed by atoms with E-state index in [9.17, 15) is 18.0 Å². The van der Waals surface area contributed by atoms with Crippen LogP contribution in [0.25, 0.3) is 0 Å². The van der Waals surface area contributed by atoms with Crippen molar-refractivity contribution in [1.29, 1.82) is 0 Å². The molecule has 1 N–H and O–H groups in total. The van der Waals surface area contributed by atoms with E-state index in [4.69, 9.17) is 23.2 Å². The van der Waals surface area contributed by atoms with Crippen LogP contribution in [-0.2, 0) is 26.2 Å². The van der Waals surface area contributed by atoms with Gasteiger partial charge in [0.1, 0.15) is 12.6 Å². The summed E-state index contributed by atoms with van der Waals surface area (Å²) >= 11 is 12.0. The first-order chi connectivity index (χ1) is 15.3. The molecule has 1 atom stereocenters. The maximum absolute atomic E-state index is 13.4. The van der Waals surface area contributed by atoms with Crippen LogP contribution in [0, 0.1) is 6.92 Å². The summed E-state index contributed by atoms with van der Waals surface area (Å²) in [4.78, 5) is 27.5. The van der Waals surface area contributed by atoms with Crippen molar-refractivity contribution >= 4 is 50.7 Å². The van der Waals surface area contributed by atoms with Crippen molar-refractivity contribution in [2.45, 2.75) is 46.3 Å². The van der Waals surface area contributed by atoms with Crippen molar-refractivity contribution in [3.63, 3.8) is 0 Å². The lowest BCUT2D eigenvalue weighted by Gasteiger charge is -2.32. The highest BCUT2D eigenvalue weighted by atomic mass is 35.5. The molecule has 0 bridgehead atoms. The SMILES string of the molecule is Cc1cc(Cl)ccc1N(CC(=O)N(Cc1ccc(Cl)cc1)C(C)C(=O)NC(C)C)S(C)(=O)=O. The number of hydrogen-bond acceptors (Lipinski definition) is 4. The number of nitrogens with one attached hydrogen (secondary N) is 1. The highest BCUT2D eigenvalue weighted by Crippen LogP contribution is 2.26. The summed E-state index contributed by atoms with van der Waals surface area (Å²) in [6.45, 7) is 6.63. The molecule has 0 spiro atoms. The number of sulfonamides is 1. The molecule has 2 amide bonds. The molecule has 2 rings (SSSR count). The molecule has 180 valence electrons. The Bertz CT molecular complexity index is 1110. The maximum Gasteiger partial charge on any atom is 0.244 e. The zero-order valence-electron chi connectivity index (χ0n) is 19.3. The molecular formula is C23H29Cl2N3O4S. The van der Waals surface area contributed by atoms with E-state index >= 15 is 0 Å². The van der Waals surface area contributed by atoms with Gasteiger partial charge in [-0.2, -0.15) is 0 Å². The third-order valence-electron chi connectivity index (χ3n) is 4.97. The van der Waals surface area contributed by atoms with E-state index in [0.29, 0.717) is 21.3 Å². The van der Waals surface area contributed by atoms with Gasteiger partial charge < -0.3 is 10.2 Å². The van der Waals surface area contributed by atoms with Crippen molar-refractivity contribution < 1.29 is 18.0 Å². The van der Waals surface area contributed by atoms with E-state index in [2.05, 4.69) is 5.32 Å². The summed E-state index contributed by atoms with van der Waals surface area (Å²) in [6, 6.07) is 10.7. The van der Waals surface area contributed by atoms with Crippen LogP contribution in [-0.4, -0.2) is 50.0 Å². The predicted molar refractivity (Wildman–Crippen MR) is 133 cm³/mol. The minimum atomic E-state index is -3.80. The van der Waals surface area contributed by atoms with Crippen LogP contribution in [0.3, 0.4) is 0 Å². The van der Waals surface area contributed by atoms with E-state index < -0.39 is 28.5 Å². The van der Waals surface area contributed by atoms with Gasteiger partial charge >= 0.3 is 0 Å². The van der Waals surface area contributed by atoms with Crippen molar-refractivity contribution in [2.75, 3.05) is 17.1 Å². The van der Waals surface area contributed by atoms with E-state index in [1.807, 2.05) is 13.8 Å². The quantitative estimate of drug-likeness (QED) is 0.548. The Kier molecular flexibility index (Phi) is 9.17. The maximum atomic E-state index is 13.4. The molecule has 0 saturated carbocycles. The number of carbonyl (C=O) groups is 2. The Morgan fingerprint density at radius 3 is 2.09 bits per heavy atom. The van der Waals surface area contributed by atoms with Crippen molar-refractivity contribution in [2.24, 2.45) is 0 Å². The summed E-state index contributed by atoms with van der Waals surface area (Å²) < 4.78 is 26.2. The molecule has 0 aromatic heterocycles. The lowest BCUT2D eigenvalue weighted by atomic mass is 10.1. The van der Waals surface area contributed by atoms with Gasteiger partial charge in [0.25, 0.3) is 0 Å². The average molecular weight is 514 g/mol. The van der Waals surface area contributed by atoms with Gasteiger partial charge in [0.2, 0.25) is 21.8 Å². The monoisotopic (exact) mass is 513 g/mol. The zero-order chi connectivity index (χ0) is 24.9. The van der Waals surface area contributed by atoms with Gasteiger partial charge in [-0.3, -0.25) is 13.9 Å². The predicted octanol–water partition coefficient (Wildman–Crippen LogP) is 4.01. The van der Waals surface area contributed by atoms with Crippen LogP contribution in [0.5, 0.6) is 0 Å². The number of amides is 2. The minimum absolute atomic E-state index is 0.111. The Morgan fingerprint density at radius 1 is 1.00 bits per heavy atom. The first-order valence-electron chi connectivity index (χ1n) is 10.4. The molecule has 1 unspecified atom stereocenters. The third-order valence-corrected chi connectivity index (χ3v) is 6.58. The number of halogens is 2. The Balaban J connectivity index is 2.41. The van der Waals surface area contributed by atoms with Crippen molar-refractivity contribution in [3.8, 4) is 0 Å². The molecule has 0 aliphatic rings. The molecule has 10 heteroatoms. The molecule has 2 aromatic rings. The van der Waals surface area contributed by atoms with Gasteiger partial charge in [-0.25, -0.2) is 8.42 Å². The molecular weight excluding hydrogens is 485 g/mol. The molecule has 0 aliphatic carbocycles. The summed E-state index contributed by atoms with van der Waals surface area (Å²) in [6.07, 6.45) is 1.03. The number of anilines is 1. The largest absolute Gasteiger partial charge is 0.352 e. The minimum Gasteiger partial charge on any atom is -0.352 e. The Hall–Kier alpha value is -2.29. The molecule has 0 fully saturated rings. The molecule has 0 aliphatic heterocycles. The van der Waals surface area contributed by atoms with Crippen LogP contribution < -0.4 is 9.62 Å². The fourth-order valence-corrected chi connectivity index (χ4v) is 4.53. The van der Waals surface area contributed by atoms with Gasteiger partial charge in [-0.05, 0) is 69.2 Å². The average Bonchev–Trinajstić information content (AvgIpc) is 2.70. The second-order valence-electron chi connectivity index (χ2n) is 8.19. The fourth-order valence-electron chi connectivity index (χ4n) is 3.27. The number of nitrogens with zero attached hydrogens (tertiary/aromatic N) is 2. The molecule has 0 saturated heterocycles. The van der Waals surface area contributed by atoms with Crippen LogP contribution in [0.1, 0.15) is 31.9 Å². The van der Waals surface area contributed by atoms with Gasteiger partial charge in [0.15, 0.2) is 0 Å². The van der Waals surface area contributed by atoms with Crippen molar-refractivity contribution in [3.05, 3.63) is 63.6 Å². The van der Waals surface area contributed by atoms with Gasteiger partial charge in [0, 0.05) is 22.6 Å². The molecule has 2 aromatic carbocycles. The first-order valence-corrected chi connectivity index (χ1v) is 13.0. The number of aryl methyl sites for hydroxylation is 1. The lowest BCUT2D eigenvalue weighted by Crippen LogP contribution is -2.52. The number of rotatable bonds is 9. The topological polar surface area (TPSA) is 86.8 Å². The second kappa shape index (κ2) is 11.2. The molecule has 33 heavy (non-hydrogen) atoms. The van der Waals surface area contributed by atoms with Crippen LogP contribution >= 0.6 is 23.2 Å². The smallest absolute Gasteiger partial charge is 0.244 e. The standard InChI is InChI=1S/C23H29Cl2N3O4S/c1-15(2)26-23(30)17(4)27(13-18-6-8-19(24)9-7-18)22(29)14-28(33(5,31)32)21-11-10-20(25)12-16(21)3/h6-12,15,17H,13-14H2,1-5H3,(H,26,30). The van der Waals surface area contributed by atoms with Crippen molar-refractivity contribution in [1.82, 2.24) is 10.2 Å². The van der Waals surface area contributed by atoms with Gasteiger partial charge in [0.05, 0.1) is 11.9 Å². The summed E-state index contributed by atoms with van der Waals surface area (Å²) in [5, 5.41) is 3.81. The highest BCUT2D eigenvalue weighted by molar-refractivity contribution is 7.92. The first kappa shape index (κ1) is 27.0. The second-order valence-corrected chi connectivity index (χ2v) is 11.0. The third kappa shape index (κ3) is 7.62. The lowest BCUT2D eigenvalue weighted by molar-refractivity contribution is -0.139. The molecule has 0 heterocycles. The van der Waals surface area contributed by atoms with Crippen LogP contribution in [0.2, 0.25) is 10.0 Å². The van der Waals surface area contributed by atoms with E-state index in [1.54, 1.807) is 56.3 Å². The number of hydrogen-bond donors (Lipinski definition) is 1. The number of benzene rings is 2.